The monoisotopic (exact) mass is 250 g/mol. The van der Waals surface area contributed by atoms with E-state index in [0.29, 0.717) is 18.0 Å². The first-order chi connectivity index (χ1) is 8.74. The molecule has 5 heteroatoms. The van der Waals surface area contributed by atoms with Gasteiger partial charge in [0.25, 0.3) is 5.91 Å². The number of anilines is 1. The van der Waals surface area contributed by atoms with Crippen LogP contribution in [0.1, 0.15) is 12.8 Å². The molecule has 0 bridgehead atoms. The molecule has 98 valence electrons. The van der Waals surface area contributed by atoms with Crippen LogP contribution in [0.25, 0.3) is 0 Å². The fraction of sp³-hybridized carbons (Fsp3) is 0.462. The number of hydrogen-bond acceptors (Lipinski definition) is 4. The minimum Gasteiger partial charge on any atom is -0.484 e. The summed E-state index contributed by atoms with van der Waals surface area (Å²) in [5.74, 6) is 0.454. The number of benzene rings is 1. The van der Waals surface area contributed by atoms with Crippen LogP contribution in [0.5, 0.6) is 5.75 Å². The van der Waals surface area contributed by atoms with Gasteiger partial charge < -0.3 is 20.5 Å². The van der Waals surface area contributed by atoms with Gasteiger partial charge in [0.05, 0.1) is 6.10 Å². The van der Waals surface area contributed by atoms with E-state index in [1.807, 2.05) is 0 Å². The molecule has 0 aromatic heterocycles. The fourth-order valence-corrected chi connectivity index (χ4v) is 1.84. The lowest BCUT2D eigenvalue weighted by atomic mass is 10.2. The molecule has 1 unspecified atom stereocenters. The SMILES string of the molecule is Nc1cccc(OCC(=O)NCC2CCCO2)c1. The van der Waals surface area contributed by atoms with Crippen molar-refractivity contribution < 1.29 is 14.3 Å². The largest absolute Gasteiger partial charge is 0.484 e. The molecule has 5 nitrogen and oxygen atoms in total. The van der Waals surface area contributed by atoms with Crippen molar-refractivity contribution in [3.8, 4) is 5.75 Å². The molecule has 18 heavy (non-hydrogen) atoms. The van der Waals surface area contributed by atoms with Gasteiger partial charge in [0.1, 0.15) is 5.75 Å². The maximum absolute atomic E-state index is 11.5. The number of nitrogen functional groups attached to an aromatic ring is 1. The van der Waals surface area contributed by atoms with Crippen LogP contribution in [0.4, 0.5) is 5.69 Å². The standard InChI is InChI=1S/C13H18N2O3/c14-10-3-1-4-11(7-10)18-9-13(16)15-8-12-5-2-6-17-12/h1,3-4,7,12H,2,5-6,8-9,14H2,(H,15,16). The van der Waals surface area contributed by atoms with Gasteiger partial charge in [0.2, 0.25) is 0 Å². The first kappa shape index (κ1) is 12.7. The summed E-state index contributed by atoms with van der Waals surface area (Å²) in [6, 6.07) is 7.01. The summed E-state index contributed by atoms with van der Waals surface area (Å²) in [5.41, 5.74) is 6.23. The summed E-state index contributed by atoms with van der Waals surface area (Å²) in [6.07, 6.45) is 2.23. The van der Waals surface area contributed by atoms with Crippen LogP contribution in [-0.4, -0.2) is 31.8 Å². The van der Waals surface area contributed by atoms with E-state index in [2.05, 4.69) is 5.32 Å². The third kappa shape index (κ3) is 3.92. The van der Waals surface area contributed by atoms with Crippen molar-refractivity contribution in [2.45, 2.75) is 18.9 Å². The highest BCUT2D eigenvalue weighted by Crippen LogP contribution is 2.14. The Morgan fingerprint density at radius 3 is 3.17 bits per heavy atom. The molecule has 0 saturated carbocycles. The summed E-state index contributed by atoms with van der Waals surface area (Å²) in [6.45, 7) is 1.34. The number of carbonyl (C=O) groups excluding carboxylic acids is 1. The number of carbonyl (C=O) groups is 1. The topological polar surface area (TPSA) is 73.6 Å². The Hall–Kier alpha value is -1.75. The molecule has 0 spiro atoms. The number of ether oxygens (including phenoxy) is 2. The van der Waals surface area contributed by atoms with Crippen molar-refractivity contribution >= 4 is 11.6 Å². The Labute approximate surface area is 106 Å². The minimum atomic E-state index is -0.145. The van der Waals surface area contributed by atoms with Gasteiger partial charge in [-0.2, -0.15) is 0 Å². The zero-order valence-corrected chi connectivity index (χ0v) is 10.2. The average Bonchev–Trinajstić information content (AvgIpc) is 2.87. The lowest BCUT2D eigenvalue weighted by Crippen LogP contribution is -2.35. The summed E-state index contributed by atoms with van der Waals surface area (Å²) < 4.78 is 10.7. The van der Waals surface area contributed by atoms with Gasteiger partial charge in [-0.3, -0.25) is 4.79 Å². The van der Waals surface area contributed by atoms with Crippen molar-refractivity contribution in [1.82, 2.24) is 5.32 Å². The normalized spacial score (nSPS) is 18.6. The zero-order chi connectivity index (χ0) is 12.8. The Morgan fingerprint density at radius 2 is 2.44 bits per heavy atom. The highest BCUT2D eigenvalue weighted by Gasteiger charge is 2.16. The lowest BCUT2D eigenvalue weighted by Gasteiger charge is -2.11. The van der Waals surface area contributed by atoms with Crippen LogP contribution in [0, 0.1) is 0 Å². The smallest absolute Gasteiger partial charge is 0.258 e. The van der Waals surface area contributed by atoms with Crippen LogP contribution in [0.3, 0.4) is 0 Å². The number of amides is 1. The molecule has 1 saturated heterocycles. The molecule has 1 atom stereocenters. The number of nitrogens with one attached hydrogen (secondary N) is 1. The molecule has 1 aliphatic rings. The molecule has 0 radical (unpaired) electrons. The second-order valence-corrected chi connectivity index (χ2v) is 4.30. The van der Waals surface area contributed by atoms with Crippen molar-refractivity contribution in [3.05, 3.63) is 24.3 Å². The third-order valence-corrected chi connectivity index (χ3v) is 2.78. The van der Waals surface area contributed by atoms with Gasteiger partial charge >= 0.3 is 0 Å². The van der Waals surface area contributed by atoms with Gasteiger partial charge in [0, 0.05) is 24.9 Å². The first-order valence-corrected chi connectivity index (χ1v) is 6.10. The van der Waals surface area contributed by atoms with Crippen LogP contribution in [0.2, 0.25) is 0 Å². The maximum atomic E-state index is 11.5. The van der Waals surface area contributed by atoms with E-state index in [1.165, 1.54) is 0 Å². The van der Waals surface area contributed by atoms with E-state index in [4.69, 9.17) is 15.2 Å². The van der Waals surface area contributed by atoms with Crippen molar-refractivity contribution in [1.29, 1.82) is 0 Å². The number of nitrogens with two attached hydrogens (primary N) is 1. The summed E-state index contributed by atoms with van der Waals surface area (Å²) >= 11 is 0. The van der Waals surface area contributed by atoms with Gasteiger partial charge in [-0.05, 0) is 25.0 Å². The van der Waals surface area contributed by atoms with Gasteiger partial charge in [0.15, 0.2) is 6.61 Å². The second-order valence-electron chi connectivity index (χ2n) is 4.30. The molecule has 1 heterocycles. The third-order valence-electron chi connectivity index (χ3n) is 2.78. The van der Waals surface area contributed by atoms with E-state index in [9.17, 15) is 4.79 Å². The Kier molecular flexibility index (Phi) is 4.41. The highest BCUT2D eigenvalue weighted by molar-refractivity contribution is 5.77. The first-order valence-electron chi connectivity index (χ1n) is 6.10. The Bertz CT molecular complexity index is 403. The summed E-state index contributed by atoms with van der Waals surface area (Å²) in [7, 11) is 0. The van der Waals surface area contributed by atoms with E-state index >= 15 is 0 Å². The van der Waals surface area contributed by atoms with Crippen LogP contribution >= 0.6 is 0 Å². The van der Waals surface area contributed by atoms with E-state index in [0.717, 1.165) is 19.4 Å². The summed E-state index contributed by atoms with van der Waals surface area (Å²) in [4.78, 5) is 11.5. The molecule has 3 N–H and O–H groups in total. The number of hydrogen-bond donors (Lipinski definition) is 2. The van der Waals surface area contributed by atoms with E-state index in [-0.39, 0.29) is 18.6 Å². The molecule has 1 aromatic carbocycles. The lowest BCUT2D eigenvalue weighted by molar-refractivity contribution is -0.123. The van der Waals surface area contributed by atoms with Crippen molar-refractivity contribution in [2.75, 3.05) is 25.5 Å². The fourth-order valence-electron chi connectivity index (χ4n) is 1.84. The Balaban J connectivity index is 1.68. The molecule has 2 rings (SSSR count). The summed E-state index contributed by atoms with van der Waals surface area (Å²) in [5, 5.41) is 2.79. The van der Waals surface area contributed by atoms with Crippen LogP contribution < -0.4 is 15.8 Å². The van der Waals surface area contributed by atoms with Crippen molar-refractivity contribution in [3.63, 3.8) is 0 Å². The highest BCUT2D eigenvalue weighted by atomic mass is 16.5. The van der Waals surface area contributed by atoms with Crippen LogP contribution in [-0.2, 0) is 9.53 Å². The number of rotatable bonds is 5. The quantitative estimate of drug-likeness (QED) is 0.763. The molecule has 1 aliphatic heterocycles. The van der Waals surface area contributed by atoms with E-state index in [1.54, 1.807) is 24.3 Å². The predicted molar refractivity (Wildman–Crippen MR) is 68.3 cm³/mol. The molecular formula is C13H18N2O3. The molecule has 0 aliphatic carbocycles. The molecular weight excluding hydrogens is 232 g/mol. The molecule has 1 aromatic rings. The van der Waals surface area contributed by atoms with Crippen molar-refractivity contribution in [2.24, 2.45) is 0 Å². The predicted octanol–water partition coefficient (Wildman–Crippen LogP) is 0.943. The van der Waals surface area contributed by atoms with Gasteiger partial charge in [-0.1, -0.05) is 6.07 Å². The minimum absolute atomic E-state index is 0.00380. The molecule has 1 amide bonds. The van der Waals surface area contributed by atoms with Crippen LogP contribution in [0.15, 0.2) is 24.3 Å². The average molecular weight is 250 g/mol. The van der Waals surface area contributed by atoms with Gasteiger partial charge in [-0.15, -0.1) is 0 Å². The maximum Gasteiger partial charge on any atom is 0.258 e. The molecule has 1 fully saturated rings. The second kappa shape index (κ2) is 6.26. The Morgan fingerprint density at radius 1 is 1.56 bits per heavy atom. The van der Waals surface area contributed by atoms with E-state index < -0.39 is 0 Å². The zero-order valence-electron chi connectivity index (χ0n) is 10.2. The van der Waals surface area contributed by atoms with Gasteiger partial charge in [-0.25, -0.2) is 0 Å².